The normalized spacial score (nSPS) is 15.4. The minimum Gasteiger partial charge on any atom is -0.331 e. The molecule has 0 bridgehead atoms. The number of aryl methyl sites for hydroxylation is 1. The number of nitrogens with zero attached hydrogens (tertiary/aromatic N) is 1. The van der Waals surface area contributed by atoms with Crippen LogP contribution in [0.2, 0.25) is 5.02 Å². The maximum atomic E-state index is 12.3. The van der Waals surface area contributed by atoms with Crippen molar-refractivity contribution >= 4 is 34.7 Å². The van der Waals surface area contributed by atoms with Crippen molar-refractivity contribution in [2.75, 3.05) is 0 Å². The summed E-state index contributed by atoms with van der Waals surface area (Å²) in [6.45, 7) is 1.89. The van der Waals surface area contributed by atoms with Gasteiger partial charge >= 0.3 is 0 Å². The van der Waals surface area contributed by atoms with E-state index in [0.717, 1.165) is 23.9 Å². The molecule has 0 amide bonds. The summed E-state index contributed by atoms with van der Waals surface area (Å²) in [4.78, 5) is 15.5. The Morgan fingerprint density at radius 3 is 2.82 bits per heavy atom. The number of rotatable bonds is 1. The van der Waals surface area contributed by atoms with Crippen molar-refractivity contribution in [2.45, 2.75) is 25.8 Å². The van der Waals surface area contributed by atoms with E-state index >= 15 is 0 Å². The molecule has 0 spiro atoms. The molecule has 0 atom stereocenters. The van der Waals surface area contributed by atoms with Crippen LogP contribution in [0.5, 0.6) is 0 Å². The van der Waals surface area contributed by atoms with Crippen molar-refractivity contribution in [3.8, 4) is 0 Å². The van der Waals surface area contributed by atoms with Crippen LogP contribution in [0.4, 0.5) is 0 Å². The third-order valence-electron chi connectivity index (χ3n) is 3.21. The Labute approximate surface area is 108 Å². The highest BCUT2D eigenvalue weighted by Gasteiger charge is 2.26. The predicted octanol–water partition coefficient (Wildman–Crippen LogP) is 3.36. The molecule has 1 N–H and O–H groups in total. The van der Waals surface area contributed by atoms with E-state index in [1.165, 1.54) is 0 Å². The lowest BCUT2D eigenvalue weighted by molar-refractivity contribution is 0.685. The van der Waals surface area contributed by atoms with E-state index in [-0.39, 0.29) is 11.6 Å². The lowest BCUT2D eigenvalue weighted by Crippen LogP contribution is -2.21. The summed E-state index contributed by atoms with van der Waals surface area (Å²) in [7, 11) is 0. The van der Waals surface area contributed by atoms with E-state index in [1.54, 1.807) is 16.7 Å². The van der Waals surface area contributed by atoms with Gasteiger partial charge in [-0.2, -0.15) is 0 Å². The van der Waals surface area contributed by atoms with Crippen molar-refractivity contribution in [1.29, 1.82) is 0 Å². The third kappa shape index (κ3) is 1.63. The number of H-pyrrole nitrogens is 1. The monoisotopic (exact) mass is 266 g/mol. The highest BCUT2D eigenvalue weighted by molar-refractivity contribution is 7.71. The second-order valence-electron chi connectivity index (χ2n) is 4.43. The summed E-state index contributed by atoms with van der Waals surface area (Å²) in [5, 5.41) is 1.30. The van der Waals surface area contributed by atoms with Crippen molar-refractivity contribution in [3.63, 3.8) is 0 Å². The van der Waals surface area contributed by atoms with Crippen LogP contribution < -0.4 is 5.56 Å². The van der Waals surface area contributed by atoms with Gasteiger partial charge in [0.05, 0.1) is 10.9 Å². The zero-order valence-corrected chi connectivity index (χ0v) is 10.9. The molecule has 1 aromatic carbocycles. The number of hydrogen-bond donors (Lipinski definition) is 1. The van der Waals surface area contributed by atoms with E-state index in [1.807, 2.05) is 6.92 Å². The van der Waals surface area contributed by atoms with E-state index in [9.17, 15) is 4.79 Å². The number of aromatic amines is 1. The minimum atomic E-state index is -0.00832. The lowest BCUT2D eigenvalue weighted by Gasteiger charge is -2.08. The van der Waals surface area contributed by atoms with Gasteiger partial charge in [-0.3, -0.25) is 9.36 Å². The van der Waals surface area contributed by atoms with Crippen LogP contribution in [0.3, 0.4) is 0 Å². The molecule has 88 valence electrons. The Kier molecular flexibility index (Phi) is 2.38. The molecule has 0 aliphatic heterocycles. The lowest BCUT2D eigenvalue weighted by atomic mass is 10.1. The summed E-state index contributed by atoms with van der Waals surface area (Å²) in [5.41, 5.74) is 1.62. The Morgan fingerprint density at radius 2 is 2.18 bits per heavy atom. The average molecular weight is 267 g/mol. The van der Waals surface area contributed by atoms with Gasteiger partial charge in [0.25, 0.3) is 5.56 Å². The number of nitrogens with one attached hydrogen (secondary N) is 1. The number of aromatic nitrogens is 2. The van der Waals surface area contributed by atoms with E-state index < -0.39 is 0 Å². The molecular formula is C12H11ClN2OS. The van der Waals surface area contributed by atoms with Gasteiger partial charge in [-0.1, -0.05) is 11.6 Å². The van der Waals surface area contributed by atoms with Gasteiger partial charge in [-0.05, 0) is 49.7 Å². The second kappa shape index (κ2) is 3.68. The first-order valence-electron chi connectivity index (χ1n) is 5.53. The molecule has 1 aliphatic carbocycles. The molecule has 0 radical (unpaired) electrons. The first-order chi connectivity index (χ1) is 8.09. The van der Waals surface area contributed by atoms with Crippen molar-refractivity contribution in [3.05, 3.63) is 37.8 Å². The fourth-order valence-electron chi connectivity index (χ4n) is 2.08. The van der Waals surface area contributed by atoms with Crippen LogP contribution in [-0.4, -0.2) is 9.55 Å². The molecule has 1 aromatic heterocycles. The summed E-state index contributed by atoms with van der Waals surface area (Å²) in [6.07, 6.45) is 2.07. The average Bonchev–Trinajstić information content (AvgIpc) is 3.08. The molecule has 2 aromatic rings. The van der Waals surface area contributed by atoms with Crippen LogP contribution in [0, 0.1) is 11.7 Å². The largest absolute Gasteiger partial charge is 0.331 e. The van der Waals surface area contributed by atoms with Gasteiger partial charge in [0.1, 0.15) is 0 Å². The molecule has 1 heterocycles. The molecule has 1 saturated carbocycles. The second-order valence-corrected chi connectivity index (χ2v) is 5.23. The number of fused-ring (bicyclic) bond motifs is 1. The fraction of sp³-hybridized carbons (Fsp3) is 0.333. The number of benzene rings is 1. The number of hydrogen-bond acceptors (Lipinski definition) is 2. The van der Waals surface area contributed by atoms with Gasteiger partial charge in [0, 0.05) is 11.1 Å². The highest BCUT2D eigenvalue weighted by Crippen LogP contribution is 2.34. The fourth-order valence-corrected chi connectivity index (χ4v) is 2.57. The highest BCUT2D eigenvalue weighted by atomic mass is 35.5. The minimum absolute atomic E-state index is 0.00832. The Hall–Kier alpha value is -1.13. The molecule has 1 fully saturated rings. The van der Waals surface area contributed by atoms with Crippen molar-refractivity contribution in [2.24, 2.45) is 0 Å². The smallest absolute Gasteiger partial charge is 0.262 e. The first-order valence-corrected chi connectivity index (χ1v) is 6.32. The molecule has 17 heavy (non-hydrogen) atoms. The zero-order chi connectivity index (χ0) is 12.2. The van der Waals surface area contributed by atoms with Gasteiger partial charge in [0.2, 0.25) is 0 Å². The molecule has 5 heteroatoms. The zero-order valence-electron chi connectivity index (χ0n) is 9.29. The van der Waals surface area contributed by atoms with Crippen LogP contribution >= 0.6 is 23.8 Å². The molecule has 0 saturated heterocycles. The number of halogens is 1. The summed E-state index contributed by atoms with van der Waals surface area (Å²) in [6, 6.07) is 3.80. The van der Waals surface area contributed by atoms with Gasteiger partial charge in [0.15, 0.2) is 4.77 Å². The Bertz CT molecular complexity index is 728. The van der Waals surface area contributed by atoms with Crippen LogP contribution in [0.25, 0.3) is 10.9 Å². The molecule has 3 rings (SSSR count). The van der Waals surface area contributed by atoms with Gasteiger partial charge in [-0.15, -0.1) is 0 Å². The quantitative estimate of drug-likeness (QED) is 0.804. The first kappa shape index (κ1) is 11.0. The van der Waals surface area contributed by atoms with Gasteiger partial charge in [-0.25, -0.2) is 0 Å². The molecule has 1 aliphatic rings. The predicted molar refractivity (Wildman–Crippen MR) is 71.4 cm³/mol. The Morgan fingerprint density at radius 1 is 1.47 bits per heavy atom. The summed E-state index contributed by atoms with van der Waals surface area (Å²) >= 11 is 11.3. The van der Waals surface area contributed by atoms with Gasteiger partial charge < -0.3 is 4.98 Å². The summed E-state index contributed by atoms with van der Waals surface area (Å²) in [5.74, 6) is 0. The maximum Gasteiger partial charge on any atom is 0.262 e. The topological polar surface area (TPSA) is 37.8 Å². The standard InChI is InChI=1S/C12H11ClN2OS/c1-6-9(13)5-4-8-10(6)14-12(17)15(11(8)16)7-2-3-7/h4-5,7H,2-3H2,1H3,(H,14,17). The van der Waals surface area contributed by atoms with Crippen LogP contribution in [-0.2, 0) is 0 Å². The van der Waals surface area contributed by atoms with E-state index in [2.05, 4.69) is 4.98 Å². The van der Waals surface area contributed by atoms with E-state index in [4.69, 9.17) is 23.8 Å². The van der Waals surface area contributed by atoms with Crippen LogP contribution in [0.15, 0.2) is 16.9 Å². The molecule has 3 nitrogen and oxygen atoms in total. The summed E-state index contributed by atoms with van der Waals surface area (Å²) < 4.78 is 2.18. The maximum absolute atomic E-state index is 12.3. The van der Waals surface area contributed by atoms with Crippen molar-refractivity contribution in [1.82, 2.24) is 9.55 Å². The SMILES string of the molecule is Cc1c(Cl)ccc2c(=O)n(C3CC3)c(=S)[nH]c12. The van der Waals surface area contributed by atoms with E-state index in [0.29, 0.717) is 15.2 Å². The van der Waals surface area contributed by atoms with Crippen LogP contribution in [0.1, 0.15) is 24.4 Å². The molecular weight excluding hydrogens is 256 g/mol. The third-order valence-corrected chi connectivity index (χ3v) is 3.92. The Balaban J connectivity index is 2.48. The molecule has 0 unspecified atom stereocenters. The van der Waals surface area contributed by atoms with Crippen molar-refractivity contribution < 1.29 is 0 Å².